The number of nitrogens with one attached hydrogen (secondary N) is 1. The summed E-state index contributed by atoms with van der Waals surface area (Å²) in [4.78, 5) is 23.0. The Morgan fingerprint density at radius 3 is 2.55 bits per heavy atom. The van der Waals surface area contributed by atoms with Crippen molar-refractivity contribution < 1.29 is 20.3 Å². The van der Waals surface area contributed by atoms with Crippen LogP contribution in [-0.2, 0) is 20.3 Å². The number of anilines is 1. The van der Waals surface area contributed by atoms with Gasteiger partial charge < -0.3 is 29.1 Å². The molecule has 42 heavy (non-hydrogen) atoms. The number of benzene rings is 1. The smallest absolute Gasteiger partial charge is 0.351 e. The molecule has 0 bridgehead atoms. The number of ether oxygens (including phenoxy) is 1. The summed E-state index contributed by atoms with van der Waals surface area (Å²) in [5.41, 5.74) is -0.317. The van der Waals surface area contributed by atoms with E-state index in [0.717, 1.165) is 5.56 Å². The fraction of sp³-hybridized carbons (Fsp3) is 0.633. The number of nitrogens with zero attached hydrogens (tertiary/aromatic N) is 5. The van der Waals surface area contributed by atoms with Crippen LogP contribution in [0.2, 0.25) is 0 Å². The van der Waals surface area contributed by atoms with Gasteiger partial charge in [-0.25, -0.2) is 16.0 Å². The Balaban J connectivity index is 0.00000216. The van der Waals surface area contributed by atoms with Crippen molar-refractivity contribution in [1.82, 2.24) is 19.1 Å². The van der Waals surface area contributed by atoms with Crippen molar-refractivity contribution in [2.24, 2.45) is 0 Å². The van der Waals surface area contributed by atoms with Crippen LogP contribution >= 0.6 is 8.53 Å². The predicted molar refractivity (Wildman–Crippen MR) is 168 cm³/mol. The lowest BCUT2D eigenvalue weighted by atomic mass is 10.0. The number of hydrogen-bond donors (Lipinski definition) is 2. The van der Waals surface area contributed by atoms with Crippen molar-refractivity contribution >= 4 is 14.3 Å². The lowest BCUT2D eigenvalue weighted by molar-refractivity contribution is -0.193. The van der Waals surface area contributed by atoms with Crippen LogP contribution in [0.4, 0.5) is 5.82 Å². The fourth-order valence-electron chi connectivity index (χ4n) is 4.62. The van der Waals surface area contributed by atoms with Gasteiger partial charge in [-0.05, 0) is 60.1 Å². The summed E-state index contributed by atoms with van der Waals surface area (Å²) in [6.45, 7) is 21.8. The van der Waals surface area contributed by atoms with Gasteiger partial charge >= 0.3 is 5.69 Å². The highest BCUT2D eigenvalue weighted by atomic mass is 31.2. The average molecular weight is 608 g/mol. The first-order valence-electron chi connectivity index (χ1n) is 15.4. The van der Waals surface area contributed by atoms with Gasteiger partial charge in [-0.2, -0.15) is 4.98 Å². The minimum atomic E-state index is -1.49. The van der Waals surface area contributed by atoms with Crippen LogP contribution in [-0.4, -0.2) is 89.3 Å². The van der Waals surface area contributed by atoms with Crippen LogP contribution in [0.3, 0.4) is 0 Å². The molecule has 1 aliphatic rings. The zero-order valence-electron chi connectivity index (χ0n) is 28.0. The Kier molecular flexibility index (Phi) is 13.6. The molecule has 3 rings (SSSR count). The Bertz CT molecular complexity index is 1190. The third kappa shape index (κ3) is 10.7. The van der Waals surface area contributed by atoms with E-state index in [9.17, 15) is 4.79 Å². The maximum atomic E-state index is 13.2. The van der Waals surface area contributed by atoms with Crippen molar-refractivity contribution in [2.75, 3.05) is 45.3 Å². The first-order chi connectivity index (χ1) is 21.0. The third-order valence-corrected chi connectivity index (χ3v) is 8.60. The molecule has 1 fully saturated rings. The number of morpholine rings is 1. The van der Waals surface area contributed by atoms with Gasteiger partial charge in [0.1, 0.15) is 18.0 Å². The van der Waals surface area contributed by atoms with Gasteiger partial charge in [-0.15, -0.1) is 0 Å². The first kappa shape index (κ1) is 32.5. The van der Waals surface area contributed by atoms with E-state index in [0.29, 0.717) is 25.5 Å². The van der Waals surface area contributed by atoms with Gasteiger partial charge in [0.05, 0.1) is 6.61 Å². The molecule has 1 aromatic heterocycles. The Labute approximate surface area is 255 Å². The number of rotatable bonds is 14. The quantitative estimate of drug-likeness (QED) is 0.179. The van der Waals surface area contributed by atoms with Crippen LogP contribution in [0.1, 0.15) is 61.6 Å². The van der Waals surface area contributed by atoms with E-state index in [1.807, 2.05) is 30.3 Å². The first-order valence-corrected chi connectivity index (χ1v) is 15.4. The lowest BCUT2D eigenvalue weighted by Crippen LogP contribution is -2.57. The molecule has 2 heterocycles. The molecule has 0 saturated carbocycles. The zero-order valence-corrected chi connectivity index (χ0v) is 26.9. The fourth-order valence-corrected chi connectivity index (χ4v) is 6.30. The van der Waals surface area contributed by atoms with Crippen LogP contribution < -0.4 is 11.0 Å². The zero-order chi connectivity index (χ0) is 32.7. The molecule has 0 aliphatic carbocycles. The number of aliphatic hydroxyl groups is 1. The molecule has 1 unspecified atom stereocenters. The van der Waals surface area contributed by atoms with E-state index in [4.69, 9.17) is 23.2 Å². The standard InChI is InChI=1S/C29H45N6O4P.CH4O/c1-22(2)33-19-27(34-16-14-26(32-28(34)36)31-18-25-12-10-9-11-13-25)39-29(7,20-33)21-38-40(37-17-15-30-8)35(23(3)4)24(5)6;1-2/h9-14,16,22-24,27H,15,17-21H2,1-7H3,(H,31,32,36);2H,1H3/t27-,29+,40?;/m1./s1/i7D;2T. The summed E-state index contributed by atoms with van der Waals surface area (Å²) in [5.74, 6) is 0.492. The lowest BCUT2D eigenvalue weighted by Gasteiger charge is -2.46. The molecule has 2 N–H and O–H groups in total. The highest BCUT2D eigenvalue weighted by molar-refractivity contribution is 7.44. The molecule has 3 atom stereocenters. The van der Waals surface area contributed by atoms with Crippen LogP contribution in [0, 0.1) is 6.57 Å². The molecule has 234 valence electrons. The van der Waals surface area contributed by atoms with E-state index in [2.05, 4.69) is 71.4 Å². The minimum absolute atomic E-state index is 0.0554. The predicted octanol–water partition coefficient (Wildman–Crippen LogP) is 4.76. The number of aromatic nitrogens is 2. The summed E-state index contributed by atoms with van der Waals surface area (Å²) < 4.78 is 36.9. The summed E-state index contributed by atoms with van der Waals surface area (Å²) in [6.07, 6.45) is 1.07. The normalized spacial score (nSPS) is 20.6. The molecule has 0 radical (unpaired) electrons. The molecular formula is C30H49N6O5P. The highest BCUT2D eigenvalue weighted by Crippen LogP contribution is 2.47. The van der Waals surface area contributed by atoms with Crippen molar-refractivity contribution in [3.05, 3.63) is 70.1 Å². The van der Waals surface area contributed by atoms with Crippen LogP contribution in [0.15, 0.2) is 47.4 Å². The third-order valence-electron chi connectivity index (χ3n) is 6.54. The molecule has 1 aromatic carbocycles. The summed E-state index contributed by atoms with van der Waals surface area (Å²) in [6, 6.07) is 12.2. The van der Waals surface area contributed by atoms with E-state index >= 15 is 0 Å². The van der Waals surface area contributed by atoms with Gasteiger partial charge in [0.25, 0.3) is 8.53 Å². The Morgan fingerprint density at radius 1 is 1.29 bits per heavy atom. The minimum Gasteiger partial charge on any atom is -0.400 e. The summed E-state index contributed by atoms with van der Waals surface area (Å²) in [7, 11) is -0.199. The summed E-state index contributed by atoms with van der Waals surface area (Å²) in [5, 5.41) is 6.71. The van der Waals surface area contributed by atoms with E-state index < -0.39 is 26.0 Å². The Hall–Kier alpha value is -2.42. The molecule has 11 nitrogen and oxygen atoms in total. The molecule has 1 aliphatic heterocycles. The van der Waals surface area contributed by atoms with Crippen molar-refractivity contribution in [2.45, 2.75) is 84.9 Å². The molecule has 1 saturated heterocycles. The van der Waals surface area contributed by atoms with Crippen molar-refractivity contribution in [3.63, 3.8) is 0 Å². The maximum Gasteiger partial charge on any atom is 0.351 e. The van der Waals surface area contributed by atoms with E-state index in [1.54, 1.807) is 12.3 Å². The second kappa shape index (κ2) is 17.6. The topological polar surface area (TPSA) is 106 Å². The number of aliphatic hydroxyl groups excluding tert-OH is 1. The molecule has 0 spiro atoms. The second-order valence-electron chi connectivity index (χ2n) is 10.9. The number of hydrogen-bond acceptors (Lipinski definition) is 9. The Morgan fingerprint density at radius 2 is 1.98 bits per heavy atom. The van der Waals surface area contributed by atoms with Crippen LogP contribution in [0.5, 0.6) is 0 Å². The van der Waals surface area contributed by atoms with Gasteiger partial charge in [0.2, 0.25) is 7.98 Å². The molecule has 0 amide bonds. The molecular weight excluding hydrogens is 555 g/mol. The van der Waals surface area contributed by atoms with Crippen molar-refractivity contribution in [3.8, 4) is 0 Å². The molecule has 12 heteroatoms. The SMILES string of the molecule is [2H]C[C@@]1(COP(OCC[N+]#[C-])N(C(C)C)C(C)C)CN(C(C)C)C[C@H](n2ccc(NCc3ccccc3)nc2=O)O1.[3H]OC. The van der Waals surface area contributed by atoms with E-state index in [-0.39, 0.29) is 44.8 Å². The average Bonchev–Trinajstić information content (AvgIpc) is 2.99. The van der Waals surface area contributed by atoms with E-state index in [1.165, 1.54) is 11.7 Å². The van der Waals surface area contributed by atoms with Gasteiger partial charge in [-0.3, -0.25) is 9.47 Å². The van der Waals surface area contributed by atoms with Gasteiger partial charge in [0, 0.05) is 52.4 Å². The van der Waals surface area contributed by atoms with Gasteiger partial charge in [0.15, 0.2) is 6.23 Å². The highest BCUT2D eigenvalue weighted by Gasteiger charge is 2.41. The monoisotopic (exact) mass is 607 g/mol. The largest absolute Gasteiger partial charge is 0.400 e. The maximum absolute atomic E-state index is 13.2. The van der Waals surface area contributed by atoms with Gasteiger partial charge in [-0.1, -0.05) is 30.3 Å². The molecule has 2 aromatic rings. The second-order valence-corrected chi connectivity index (χ2v) is 12.4. The summed E-state index contributed by atoms with van der Waals surface area (Å²) >= 11 is 0. The van der Waals surface area contributed by atoms with Crippen molar-refractivity contribution in [1.29, 1.82) is 1.43 Å². The van der Waals surface area contributed by atoms with Crippen LogP contribution in [0.25, 0.3) is 4.85 Å².